The van der Waals surface area contributed by atoms with Crippen LogP contribution >= 0.6 is 0 Å². The molecule has 0 saturated carbocycles. The maximum Gasteiger partial charge on any atom is 0.261 e. The lowest BCUT2D eigenvalue weighted by Gasteiger charge is -2.17. The first kappa shape index (κ1) is 20.9. The molecule has 0 bridgehead atoms. The molecule has 2 N–H and O–H groups in total. The van der Waals surface area contributed by atoms with E-state index in [1.54, 1.807) is 6.07 Å². The molecule has 33 heavy (non-hydrogen) atoms. The van der Waals surface area contributed by atoms with Crippen LogP contribution in [0.4, 0.5) is 0 Å². The number of hydrogen-bond donors (Lipinski definition) is 2. The molecule has 0 unspecified atom stereocenters. The molecule has 0 spiro atoms. The smallest absolute Gasteiger partial charge is 0.261 e. The van der Waals surface area contributed by atoms with E-state index in [1.807, 2.05) is 67.7 Å². The van der Waals surface area contributed by atoms with Gasteiger partial charge in [-0.1, -0.05) is 78.9 Å². The summed E-state index contributed by atoms with van der Waals surface area (Å²) < 4.78 is 0. The average Bonchev–Trinajstić information content (AvgIpc) is 3.13. The highest BCUT2D eigenvalue weighted by molar-refractivity contribution is 5.95. The molecule has 164 valence electrons. The topological polar surface area (TPSA) is 65.2 Å². The van der Waals surface area contributed by atoms with Gasteiger partial charge in [0.25, 0.3) is 11.5 Å². The van der Waals surface area contributed by atoms with Crippen LogP contribution < -0.4 is 10.9 Å². The Morgan fingerprint density at radius 1 is 0.818 bits per heavy atom. The minimum Gasteiger partial charge on any atom is -0.341 e. The number of nitrogens with zero attached hydrogens (tertiary/aromatic N) is 1. The minimum absolute atomic E-state index is 0.117. The molecule has 5 heteroatoms. The molecule has 0 saturated heterocycles. The number of aromatic amines is 1. The number of carbonyl (C=O) groups is 1. The molecule has 3 aromatic carbocycles. The Morgan fingerprint density at radius 3 is 2.06 bits per heavy atom. The predicted molar refractivity (Wildman–Crippen MR) is 130 cm³/mol. The first-order chi connectivity index (χ1) is 16.1. The summed E-state index contributed by atoms with van der Waals surface area (Å²) in [4.78, 5) is 30.8. The van der Waals surface area contributed by atoms with Gasteiger partial charge < -0.3 is 10.3 Å². The van der Waals surface area contributed by atoms with E-state index in [0.717, 1.165) is 34.5 Å². The molecule has 1 aliphatic carbocycles. The number of hydrogen-bond acceptors (Lipinski definition) is 3. The van der Waals surface area contributed by atoms with E-state index in [0.29, 0.717) is 6.54 Å². The number of H-pyrrole nitrogens is 1. The number of rotatable bonds is 6. The molecule has 4 aromatic rings. The lowest BCUT2D eigenvalue weighted by atomic mass is 10.0. The molecule has 1 aromatic heterocycles. The Kier molecular flexibility index (Phi) is 5.63. The zero-order valence-corrected chi connectivity index (χ0v) is 18.4. The van der Waals surface area contributed by atoms with E-state index >= 15 is 0 Å². The Hall–Kier alpha value is -3.96. The Bertz CT molecular complexity index is 1320. The second kappa shape index (κ2) is 8.88. The maximum absolute atomic E-state index is 13.1. The lowest BCUT2D eigenvalue weighted by molar-refractivity contribution is 0.0942. The highest BCUT2D eigenvalue weighted by atomic mass is 16.2. The number of aromatic nitrogens is 1. The summed E-state index contributed by atoms with van der Waals surface area (Å²) >= 11 is 0. The molecular formula is C28H25N3O2. The molecule has 5 nitrogen and oxygen atoms in total. The summed E-state index contributed by atoms with van der Waals surface area (Å²) in [5.41, 5.74) is 6.03. The van der Waals surface area contributed by atoms with Gasteiger partial charge in [-0.25, -0.2) is 0 Å². The van der Waals surface area contributed by atoms with Crippen LogP contribution in [0.5, 0.6) is 0 Å². The van der Waals surface area contributed by atoms with Crippen molar-refractivity contribution in [1.29, 1.82) is 0 Å². The van der Waals surface area contributed by atoms with Crippen LogP contribution in [0.3, 0.4) is 0 Å². The number of pyridine rings is 1. The summed E-state index contributed by atoms with van der Waals surface area (Å²) in [7, 11) is 2.00. The summed E-state index contributed by atoms with van der Waals surface area (Å²) in [6.45, 7) is 1.35. The predicted octanol–water partition coefficient (Wildman–Crippen LogP) is 4.51. The van der Waals surface area contributed by atoms with Crippen molar-refractivity contribution in [3.8, 4) is 11.1 Å². The molecule has 1 aliphatic rings. The van der Waals surface area contributed by atoms with Crippen LogP contribution in [0, 0.1) is 0 Å². The molecule has 1 heterocycles. The fraction of sp³-hybridized carbons (Fsp3) is 0.143. The van der Waals surface area contributed by atoms with E-state index in [1.165, 1.54) is 5.56 Å². The standard InChI is InChI=1S/C28H25N3O2/c1-31(17-19-9-3-2-4-10-19)18-20-15-16-25(27(32)29-20)28(33)30-26-23-13-7-5-11-21(23)22-12-6-8-14-24(22)26/h2-16,26H,17-18H2,1H3,(H,29,32)(H,30,33). The maximum atomic E-state index is 13.1. The number of benzene rings is 3. The third-order valence-corrected chi connectivity index (χ3v) is 6.06. The summed E-state index contributed by atoms with van der Waals surface area (Å²) in [5, 5.41) is 3.07. The van der Waals surface area contributed by atoms with Gasteiger partial charge in [-0.15, -0.1) is 0 Å². The first-order valence-electron chi connectivity index (χ1n) is 11.0. The van der Waals surface area contributed by atoms with E-state index in [-0.39, 0.29) is 23.1 Å². The summed E-state index contributed by atoms with van der Waals surface area (Å²) in [5.74, 6) is -0.378. The Morgan fingerprint density at radius 2 is 1.42 bits per heavy atom. The minimum atomic E-state index is -0.378. The van der Waals surface area contributed by atoms with Crippen LogP contribution in [0.15, 0.2) is 95.8 Å². The lowest BCUT2D eigenvalue weighted by Crippen LogP contribution is -2.33. The van der Waals surface area contributed by atoms with E-state index in [9.17, 15) is 9.59 Å². The largest absolute Gasteiger partial charge is 0.341 e. The molecule has 0 fully saturated rings. The normalized spacial score (nSPS) is 12.4. The fourth-order valence-corrected chi connectivity index (χ4v) is 4.55. The zero-order valence-electron chi connectivity index (χ0n) is 18.4. The summed E-state index contributed by atoms with van der Waals surface area (Å²) in [6.07, 6.45) is 0. The van der Waals surface area contributed by atoms with Crippen LogP contribution in [0.2, 0.25) is 0 Å². The highest BCUT2D eigenvalue weighted by Gasteiger charge is 2.29. The molecule has 0 radical (unpaired) electrons. The molecule has 0 aliphatic heterocycles. The van der Waals surface area contributed by atoms with Crippen molar-refractivity contribution in [3.05, 3.63) is 129 Å². The van der Waals surface area contributed by atoms with E-state index in [4.69, 9.17) is 0 Å². The van der Waals surface area contributed by atoms with Crippen molar-refractivity contribution in [2.45, 2.75) is 19.1 Å². The van der Waals surface area contributed by atoms with Gasteiger partial charge in [0.1, 0.15) is 5.56 Å². The third-order valence-electron chi connectivity index (χ3n) is 6.06. The van der Waals surface area contributed by atoms with Gasteiger partial charge in [-0.3, -0.25) is 14.5 Å². The summed E-state index contributed by atoms with van der Waals surface area (Å²) in [6, 6.07) is 29.4. The van der Waals surface area contributed by atoms with Crippen molar-refractivity contribution >= 4 is 5.91 Å². The third kappa shape index (κ3) is 4.23. The van der Waals surface area contributed by atoms with Gasteiger partial charge in [0, 0.05) is 18.8 Å². The molecular weight excluding hydrogens is 410 g/mol. The molecule has 1 amide bonds. The van der Waals surface area contributed by atoms with Gasteiger partial charge in [0.15, 0.2) is 0 Å². The quantitative estimate of drug-likeness (QED) is 0.468. The van der Waals surface area contributed by atoms with Gasteiger partial charge in [-0.2, -0.15) is 0 Å². The van der Waals surface area contributed by atoms with E-state index < -0.39 is 0 Å². The number of nitrogens with one attached hydrogen (secondary N) is 2. The average molecular weight is 436 g/mol. The highest BCUT2D eigenvalue weighted by Crippen LogP contribution is 2.43. The Balaban J connectivity index is 1.32. The van der Waals surface area contributed by atoms with Crippen molar-refractivity contribution < 1.29 is 4.79 Å². The number of fused-ring (bicyclic) bond motifs is 3. The number of carbonyl (C=O) groups excluding carboxylic acids is 1. The van der Waals surface area contributed by atoms with Crippen molar-refractivity contribution in [3.63, 3.8) is 0 Å². The van der Waals surface area contributed by atoms with Gasteiger partial charge in [0.2, 0.25) is 0 Å². The molecule has 5 rings (SSSR count). The van der Waals surface area contributed by atoms with Gasteiger partial charge in [-0.05, 0) is 47.0 Å². The van der Waals surface area contributed by atoms with Crippen LogP contribution in [-0.4, -0.2) is 22.8 Å². The van der Waals surface area contributed by atoms with Gasteiger partial charge >= 0.3 is 0 Å². The van der Waals surface area contributed by atoms with Crippen LogP contribution in [0.1, 0.15) is 38.8 Å². The number of amides is 1. The van der Waals surface area contributed by atoms with E-state index in [2.05, 4.69) is 39.5 Å². The zero-order chi connectivity index (χ0) is 22.8. The second-order valence-electron chi connectivity index (χ2n) is 8.47. The fourth-order valence-electron chi connectivity index (χ4n) is 4.55. The molecule has 0 atom stereocenters. The van der Waals surface area contributed by atoms with Crippen LogP contribution in [-0.2, 0) is 13.1 Å². The first-order valence-corrected chi connectivity index (χ1v) is 11.0. The van der Waals surface area contributed by atoms with Gasteiger partial charge in [0.05, 0.1) is 6.04 Å². The SMILES string of the molecule is CN(Cc1ccccc1)Cc1ccc(C(=O)NC2c3ccccc3-c3ccccc32)c(=O)[nH]1. The van der Waals surface area contributed by atoms with Crippen LogP contribution in [0.25, 0.3) is 11.1 Å². The second-order valence-corrected chi connectivity index (χ2v) is 8.47. The van der Waals surface area contributed by atoms with Crippen molar-refractivity contribution in [2.75, 3.05) is 7.05 Å². The monoisotopic (exact) mass is 435 g/mol. The van der Waals surface area contributed by atoms with Crippen molar-refractivity contribution in [1.82, 2.24) is 15.2 Å². The Labute approximate surface area is 192 Å². The van der Waals surface area contributed by atoms with Crippen molar-refractivity contribution in [2.24, 2.45) is 0 Å².